The second-order valence-electron chi connectivity index (χ2n) is 7.61. The molecule has 5 aliphatic rings. The summed E-state index contributed by atoms with van der Waals surface area (Å²) in [4.78, 5) is 4.74. The van der Waals surface area contributed by atoms with Gasteiger partial charge in [0.05, 0.1) is 17.3 Å². The van der Waals surface area contributed by atoms with E-state index in [0.717, 1.165) is 41.4 Å². The molecule has 114 valence electrons. The fraction of sp³-hybridized carbons (Fsp3) is 0.812. The number of fused-ring (bicyclic) bond motifs is 1. The van der Waals surface area contributed by atoms with E-state index in [1.54, 1.807) is 0 Å². The quantitative estimate of drug-likeness (QED) is 0.901. The third-order valence-corrected chi connectivity index (χ3v) is 7.03. The summed E-state index contributed by atoms with van der Waals surface area (Å²) in [6.07, 6.45) is 9.64. The first-order valence-electron chi connectivity index (χ1n) is 8.49. The molecule has 0 aromatic carbocycles. The van der Waals surface area contributed by atoms with Gasteiger partial charge in [0, 0.05) is 12.6 Å². The maximum absolute atomic E-state index is 4.74. The van der Waals surface area contributed by atoms with Crippen molar-refractivity contribution in [1.29, 1.82) is 0 Å². The highest BCUT2D eigenvalue weighted by atomic mass is 32.2. The Morgan fingerprint density at radius 2 is 1.95 bits per heavy atom. The summed E-state index contributed by atoms with van der Waals surface area (Å²) in [5, 5.41) is 5.43. The molecule has 1 aromatic heterocycles. The number of nitrogens with zero attached hydrogens (tertiary/aromatic N) is 2. The Morgan fingerprint density at radius 1 is 1.24 bits per heavy atom. The number of hydrogen-bond donors (Lipinski definition) is 2. The zero-order chi connectivity index (χ0) is 14.0. The molecule has 0 amide bonds. The molecule has 4 bridgehead atoms. The molecule has 4 saturated carbocycles. The van der Waals surface area contributed by atoms with Gasteiger partial charge in [-0.1, -0.05) is 11.8 Å². The van der Waals surface area contributed by atoms with Gasteiger partial charge in [-0.15, -0.1) is 0 Å². The lowest BCUT2D eigenvalue weighted by atomic mass is 9.54. The van der Waals surface area contributed by atoms with Crippen LogP contribution in [0.1, 0.15) is 44.7 Å². The SMILES string of the molecule is CC1Nn2cc(CNC3C4CC5CC(C4)CC3C5)nc2S1. The van der Waals surface area contributed by atoms with Gasteiger partial charge in [-0.2, -0.15) is 0 Å². The third kappa shape index (κ3) is 2.12. The van der Waals surface area contributed by atoms with Gasteiger partial charge < -0.3 is 10.7 Å². The van der Waals surface area contributed by atoms with Crippen molar-refractivity contribution in [3.8, 4) is 0 Å². The van der Waals surface area contributed by atoms with Crippen LogP contribution < -0.4 is 10.7 Å². The minimum absolute atomic E-state index is 0.443. The van der Waals surface area contributed by atoms with E-state index < -0.39 is 0 Å². The van der Waals surface area contributed by atoms with Crippen LogP contribution in [0.2, 0.25) is 0 Å². The van der Waals surface area contributed by atoms with Crippen molar-refractivity contribution in [3.05, 3.63) is 11.9 Å². The van der Waals surface area contributed by atoms with Gasteiger partial charge in [0.25, 0.3) is 0 Å². The number of hydrogen-bond acceptors (Lipinski definition) is 4. The Kier molecular flexibility index (Phi) is 2.84. The highest BCUT2D eigenvalue weighted by molar-refractivity contribution is 8.00. The largest absolute Gasteiger partial charge is 0.311 e. The monoisotopic (exact) mass is 304 g/mol. The number of aromatic nitrogens is 2. The van der Waals surface area contributed by atoms with Crippen LogP contribution in [0, 0.1) is 23.7 Å². The van der Waals surface area contributed by atoms with Crippen LogP contribution >= 0.6 is 11.8 Å². The zero-order valence-corrected chi connectivity index (χ0v) is 13.4. The lowest BCUT2D eigenvalue weighted by Crippen LogP contribution is -2.54. The van der Waals surface area contributed by atoms with Crippen LogP contribution in [0.5, 0.6) is 0 Å². The Balaban J connectivity index is 1.26. The number of imidazole rings is 1. The Morgan fingerprint density at radius 3 is 2.62 bits per heavy atom. The van der Waals surface area contributed by atoms with Gasteiger partial charge in [-0.05, 0) is 62.7 Å². The number of rotatable bonds is 3. The highest BCUT2D eigenvalue weighted by Crippen LogP contribution is 2.53. The van der Waals surface area contributed by atoms with Crippen LogP contribution in [0.3, 0.4) is 0 Å². The summed E-state index contributed by atoms with van der Waals surface area (Å²) in [6, 6.07) is 0.758. The van der Waals surface area contributed by atoms with E-state index >= 15 is 0 Å². The summed E-state index contributed by atoms with van der Waals surface area (Å²) in [5.74, 6) is 4.01. The van der Waals surface area contributed by atoms with Gasteiger partial charge in [0.2, 0.25) is 0 Å². The standard InChI is InChI=1S/C16H24N4S/c1-9-19-20-8-14(18-16(20)21-9)7-17-15-12-3-10-2-11(5-12)6-13(15)4-10/h8-13,15,17,19H,2-7H2,1H3. The van der Waals surface area contributed by atoms with Gasteiger partial charge in [-0.25, -0.2) is 9.66 Å². The topological polar surface area (TPSA) is 41.9 Å². The Hall–Kier alpha value is -0.680. The molecule has 0 saturated heterocycles. The third-order valence-electron chi connectivity index (χ3n) is 6.07. The molecule has 5 heteroatoms. The molecule has 4 fully saturated rings. The van der Waals surface area contributed by atoms with E-state index in [-0.39, 0.29) is 0 Å². The van der Waals surface area contributed by atoms with Crippen molar-refractivity contribution < 1.29 is 0 Å². The van der Waals surface area contributed by atoms with E-state index in [1.807, 2.05) is 11.8 Å². The smallest absolute Gasteiger partial charge is 0.189 e. The van der Waals surface area contributed by atoms with Crippen molar-refractivity contribution in [1.82, 2.24) is 15.0 Å². The molecule has 2 heterocycles. The van der Waals surface area contributed by atoms with E-state index in [2.05, 4.69) is 28.5 Å². The molecular weight excluding hydrogens is 280 g/mol. The molecule has 0 spiro atoms. The van der Waals surface area contributed by atoms with E-state index in [1.165, 1.54) is 37.8 Å². The fourth-order valence-electron chi connectivity index (χ4n) is 5.53. The van der Waals surface area contributed by atoms with E-state index in [4.69, 9.17) is 4.98 Å². The lowest BCUT2D eigenvalue weighted by molar-refractivity contribution is -0.0143. The fourth-order valence-corrected chi connectivity index (χ4v) is 6.40. The molecule has 21 heavy (non-hydrogen) atoms. The predicted octanol–water partition coefficient (Wildman–Crippen LogP) is 2.79. The molecule has 4 aliphatic carbocycles. The predicted molar refractivity (Wildman–Crippen MR) is 84.6 cm³/mol. The average Bonchev–Trinajstić information content (AvgIpc) is 2.93. The van der Waals surface area contributed by atoms with Crippen LogP contribution in [0.25, 0.3) is 0 Å². The lowest BCUT2D eigenvalue weighted by Gasteiger charge is -2.54. The van der Waals surface area contributed by atoms with Gasteiger partial charge >= 0.3 is 0 Å². The summed E-state index contributed by atoms with van der Waals surface area (Å²) >= 11 is 1.81. The summed E-state index contributed by atoms with van der Waals surface area (Å²) in [6.45, 7) is 3.11. The van der Waals surface area contributed by atoms with Crippen LogP contribution in [0.15, 0.2) is 11.4 Å². The average molecular weight is 304 g/mol. The van der Waals surface area contributed by atoms with Crippen LogP contribution in [-0.4, -0.2) is 21.1 Å². The van der Waals surface area contributed by atoms with Gasteiger partial charge in [-0.3, -0.25) is 0 Å². The second-order valence-corrected chi connectivity index (χ2v) is 8.92. The molecule has 1 aliphatic heterocycles. The Labute approximate surface area is 130 Å². The molecule has 2 N–H and O–H groups in total. The molecule has 0 radical (unpaired) electrons. The maximum Gasteiger partial charge on any atom is 0.189 e. The minimum atomic E-state index is 0.443. The first-order chi connectivity index (χ1) is 10.2. The van der Waals surface area contributed by atoms with Gasteiger partial charge in [0.15, 0.2) is 5.16 Å². The van der Waals surface area contributed by atoms with E-state index in [0.29, 0.717) is 5.37 Å². The summed E-state index contributed by atoms with van der Waals surface area (Å²) in [5.41, 5.74) is 4.58. The van der Waals surface area contributed by atoms with Crippen LogP contribution in [-0.2, 0) is 6.54 Å². The molecule has 1 aromatic rings. The summed E-state index contributed by atoms with van der Waals surface area (Å²) in [7, 11) is 0. The van der Waals surface area contributed by atoms with E-state index in [9.17, 15) is 0 Å². The second kappa shape index (κ2) is 4.66. The first kappa shape index (κ1) is 12.8. The summed E-state index contributed by atoms with van der Waals surface area (Å²) < 4.78 is 2.09. The highest BCUT2D eigenvalue weighted by Gasteiger charge is 2.47. The van der Waals surface area contributed by atoms with Crippen molar-refractivity contribution in [2.24, 2.45) is 23.7 Å². The molecular formula is C16H24N4S. The van der Waals surface area contributed by atoms with Crippen molar-refractivity contribution in [2.45, 2.75) is 62.1 Å². The van der Waals surface area contributed by atoms with Crippen molar-refractivity contribution >= 4 is 11.8 Å². The number of nitrogens with one attached hydrogen (secondary N) is 2. The molecule has 4 nitrogen and oxygen atoms in total. The molecule has 6 rings (SSSR count). The van der Waals surface area contributed by atoms with Crippen molar-refractivity contribution in [2.75, 3.05) is 5.43 Å². The van der Waals surface area contributed by atoms with Gasteiger partial charge in [0.1, 0.15) is 0 Å². The number of thioether (sulfide) groups is 1. The Bertz CT molecular complexity index is 503. The molecule has 1 unspecified atom stereocenters. The zero-order valence-electron chi connectivity index (χ0n) is 12.6. The first-order valence-corrected chi connectivity index (χ1v) is 9.37. The van der Waals surface area contributed by atoms with Crippen LogP contribution in [0.4, 0.5) is 0 Å². The maximum atomic E-state index is 4.74. The normalized spacial score (nSPS) is 43.1. The minimum Gasteiger partial charge on any atom is -0.311 e. The molecule has 1 atom stereocenters. The van der Waals surface area contributed by atoms with Crippen molar-refractivity contribution in [3.63, 3.8) is 0 Å².